The molecule has 0 bridgehead atoms. The molecule has 0 N–H and O–H groups in total. The van der Waals surface area contributed by atoms with Gasteiger partial charge in [0.1, 0.15) is 5.65 Å². The molecule has 0 radical (unpaired) electrons. The van der Waals surface area contributed by atoms with Crippen LogP contribution >= 0.6 is 15.9 Å². The monoisotopic (exact) mass is 373 g/mol. The molecule has 0 unspecified atom stereocenters. The lowest BCUT2D eigenvalue weighted by Gasteiger charge is -2.09. The zero-order valence-corrected chi connectivity index (χ0v) is 14.8. The van der Waals surface area contributed by atoms with Gasteiger partial charge in [-0.05, 0) is 31.0 Å². The van der Waals surface area contributed by atoms with Crippen LogP contribution < -0.4 is 5.56 Å². The van der Waals surface area contributed by atoms with Crippen molar-refractivity contribution in [3.8, 4) is 0 Å². The van der Waals surface area contributed by atoms with E-state index in [0.717, 1.165) is 21.3 Å². The summed E-state index contributed by atoms with van der Waals surface area (Å²) in [6, 6.07) is 7.87. The number of halogens is 1. The third kappa shape index (κ3) is 2.51. The Balaban J connectivity index is 1.96. The van der Waals surface area contributed by atoms with Crippen molar-refractivity contribution in [2.75, 3.05) is 0 Å². The molecule has 0 amide bonds. The maximum atomic E-state index is 12.6. The van der Waals surface area contributed by atoms with Gasteiger partial charge in [-0.2, -0.15) is 5.10 Å². The Kier molecular flexibility index (Phi) is 3.76. The van der Waals surface area contributed by atoms with Gasteiger partial charge in [0.05, 0.1) is 16.6 Å². The lowest BCUT2D eigenvalue weighted by Crippen LogP contribution is -2.19. The van der Waals surface area contributed by atoms with Crippen LogP contribution in [0, 0.1) is 0 Å². The minimum Gasteiger partial charge on any atom is -0.296 e. The maximum Gasteiger partial charge on any atom is 0.261 e. The summed E-state index contributed by atoms with van der Waals surface area (Å²) in [5.74, 6) is 0.523. The van der Waals surface area contributed by atoms with Crippen molar-refractivity contribution in [1.82, 2.24) is 14.2 Å². The van der Waals surface area contributed by atoms with Crippen LogP contribution in [0.25, 0.3) is 16.6 Å². The number of hydrogen-bond acceptors (Lipinski definition) is 2. The molecule has 4 rings (SSSR count). The normalized spacial score (nSPS) is 17.0. The molecule has 0 saturated heterocycles. The standard InChI is InChI=1S/C18H20BrN3O/c1-21-17-11-15(12-6-4-2-3-5-7-12)20-22(17)16-10-13(19)8-9-14(16)18(21)23/h8-12H,2-7H2,1H3. The third-order valence-electron chi connectivity index (χ3n) is 5.05. The molecule has 120 valence electrons. The number of aromatic nitrogens is 3. The van der Waals surface area contributed by atoms with Crippen LogP contribution in [0.15, 0.2) is 33.5 Å². The highest BCUT2D eigenvalue weighted by molar-refractivity contribution is 9.10. The Labute approximate surface area is 143 Å². The molecule has 0 spiro atoms. The van der Waals surface area contributed by atoms with Gasteiger partial charge in [0.15, 0.2) is 0 Å². The average Bonchev–Trinajstić information content (AvgIpc) is 2.81. The van der Waals surface area contributed by atoms with Crippen molar-refractivity contribution in [2.24, 2.45) is 7.05 Å². The molecular formula is C18H20BrN3O. The summed E-state index contributed by atoms with van der Waals surface area (Å²) < 4.78 is 4.61. The lowest BCUT2D eigenvalue weighted by atomic mass is 9.97. The number of rotatable bonds is 1. The van der Waals surface area contributed by atoms with Crippen LogP contribution in [0.2, 0.25) is 0 Å². The number of fused-ring (bicyclic) bond motifs is 3. The Bertz CT molecular complexity index is 933. The quantitative estimate of drug-likeness (QED) is 0.593. The molecule has 1 saturated carbocycles. The van der Waals surface area contributed by atoms with E-state index in [1.807, 2.05) is 29.8 Å². The number of nitrogens with zero attached hydrogens (tertiary/aromatic N) is 3. The van der Waals surface area contributed by atoms with Gasteiger partial charge in [-0.3, -0.25) is 9.36 Å². The molecule has 4 nitrogen and oxygen atoms in total. The van der Waals surface area contributed by atoms with E-state index in [0.29, 0.717) is 11.3 Å². The Morgan fingerprint density at radius 1 is 1.13 bits per heavy atom. The van der Waals surface area contributed by atoms with Crippen LogP contribution in [-0.2, 0) is 7.05 Å². The lowest BCUT2D eigenvalue weighted by molar-refractivity contribution is 0.574. The summed E-state index contributed by atoms with van der Waals surface area (Å²) in [5.41, 5.74) is 2.92. The van der Waals surface area contributed by atoms with Crippen molar-refractivity contribution in [2.45, 2.75) is 44.4 Å². The number of benzene rings is 1. The summed E-state index contributed by atoms with van der Waals surface area (Å²) in [6.45, 7) is 0. The molecule has 3 aromatic rings. The molecule has 1 aromatic carbocycles. The SMILES string of the molecule is Cn1c(=O)c2ccc(Br)cc2n2nc(C3CCCCCC3)cc12. The predicted octanol–water partition coefficient (Wildman–Crippen LogP) is 4.39. The summed E-state index contributed by atoms with van der Waals surface area (Å²) >= 11 is 3.51. The molecule has 0 aliphatic heterocycles. The van der Waals surface area contributed by atoms with Crippen molar-refractivity contribution >= 4 is 32.5 Å². The summed E-state index contributed by atoms with van der Waals surface area (Å²) in [6.07, 6.45) is 7.64. The fraction of sp³-hybridized carbons (Fsp3) is 0.444. The van der Waals surface area contributed by atoms with E-state index in [1.165, 1.54) is 38.5 Å². The van der Waals surface area contributed by atoms with Gasteiger partial charge in [0, 0.05) is 23.5 Å². The molecule has 1 aliphatic carbocycles. The highest BCUT2D eigenvalue weighted by Crippen LogP contribution is 2.31. The predicted molar refractivity (Wildman–Crippen MR) is 96.1 cm³/mol. The van der Waals surface area contributed by atoms with Gasteiger partial charge in [0.2, 0.25) is 0 Å². The second-order valence-electron chi connectivity index (χ2n) is 6.55. The van der Waals surface area contributed by atoms with Gasteiger partial charge in [0.25, 0.3) is 5.56 Å². The maximum absolute atomic E-state index is 12.6. The molecule has 1 aliphatic rings. The molecule has 23 heavy (non-hydrogen) atoms. The topological polar surface area (TPSA) is 39.3 Å². The van der Waals surface area contributed by atoms with Gasteiger partial charge in [-0.15, -0.1) is 0 Å². The molecule has 0 atom stereocenters. The fourth-order valence-corrected chi connectivity index (χ4v) is 4.07. The summed E-state index contributed by atoms with van der Waals surface area (Å²) in [7, 11) is 1.83. The van der Waals surface area contributed by atoms with E-state index in [4.69, 9.17) is 5.10 Å². The minimum absolute atomic E-state index is 0.0346. The van der Waals surface area contributed by atoms with Crippen LogP contribution in [0.1, 0.15) is 50.1 Å². The van der Waals surface area contributed by atoms with Crippen molar-refractivity contribution in [3.05, 3.63) is 44.8 Å². The first-order valence-electron chi connectivity index (χ1n) is 8.33. The van der Waals surface area contributed by atoms with Crippen LogP contribution in [0.3, 0.4) is 0 Å². The minimum atomic E-state index is 0.0346. The van der Waals surface area contributed by atoms with Crippen molar-refractivity contribution < 1.29 is 0 Å². The first-order valence-corrected chi connectivity index (χ1v) is 9.12. The summed E-state index contributed by atoms with van der Waals surface area (Å²) in [4.78, 5) is 12.6. The molecular weight excluding hydrogens is 354 g/mol. The van der Waals surface area contributed by atoms with E-state index in [9.17, 15) is 4.79 Å². The van der Waals surface area contributed by atoms with Crippen LogP contribution in [-0.4, -0.2) is 14.2 Å². The van der Waals surface area contributed by atoms with Gasteiger partial charge in [-0.1, -0.05) is 41.6 Å². The largest absolute Gasteiger partial charge is 0.296 e. The Morgan fingerprint density at radius 2 is 1.87 bits per heavy atom. The highest BCUT2D eigenvalue weighted by atomic mass is 79.9. The van der Waals surface area contributed by atoms with Gasteiger partial charge < -0.3 is 0 Å². The van der Waals surface area contributed by atoms with Crippen molar-refractivity contribution in [3.63, 3.8) is 0 Å². The summed E-state index contributed by atoms with van der Waals surface area (Å²) in [5, 5.41) is 5.59. The van der Waals surface area contributed by atoms with Crippen LogP contribution in [0.5, 0.6) is 0 Å². The molecule has 2 heterocycles. The van der Waals surface area contributed by atoms with E-state index >= 15 is 0 Å². The fourth-order valence-electron chi connectivity index (χ4n) is 3.73. The molecule has 1 fully saturated rings. The smallest absolute Gasteiger partial charge is 0.261 e. The van der Waals surface area contributed by atoms with E-state index < -0.39 is 0 Å². The second-order valence-corrected chi connectivity index (χ2v) is 7.47. The van der Waals surface area contributed by atoms with Crippen molar-refractivity contribution in [1.29, 1.82) is 0 Å². The number of aryl methyl sites for hydroxylation is 1. The van der Waals surface area contributed by atoms with Gasteiger partial charge >= 0.3 is 0 Å². The molecule has 2 aromatic heterocycles. The average molecular weight is 374 g/mol. The first-order chi connectivity index (χ1) is 11.1. The van der Waals surface area contributed by atoms with Gasteiger partial charge in [-0.25, -0.2) is 4.52 Å². The highest BCUT2D eigenvalue weighted by Gasteiger charge is 2.19. The van der Waals surface area contributed by atoms with E-state index in [1.54, 1.807) is 4.57 Å². The van der Waals surface area contributed by atoms with E-state index in [-0.39, 0.29) is 5.56 Å². The molecule has 5 heteroatoms. The zero-order valence-electron chi connectivity index (χ0n) is 13.3. The van der Waals surface area contributed by atoms with Crippen LogP contribution in [0.4, 0.5) is 0 Å². The Hall–Kier alpha value is -1.62. The number of hydrogen-bond donors (Lipinski definition) is 0. The second kappa shape index (κ2) is 5.78. The third-order valence-corrected chi connectivity index (χ3v) is 5.54. The Morgan fingerprint density at radius 3 is 2.61 bits per heavy atom. The first kappa shape index (κ1) is 14.9. The zero-order chi connectivity index (χ0) is 16.0. The van der Waals surface area contributed by atoms with E-state index in [2.05, 4.69) is 22.0 Å².